The summed E-state index contributed by atoms with van der Waals surface area (Å²) in [5.74, 6) is -0.358. The predicted octanol–water partition coefficient (Wildman–Crippen LogP) is 2.58. The molecule has 5 nitrogen and oxygen atoms in total. The van der Waals surface area contributed by atoms with Gasteiger partial charge in [0, 0.05) is 0 Å². The molecular weight excluding hydrogens is 314 g/mol. The van der Waals surface area contributed by atoms with Crippen LogP contribution in [0.3, 0.4) is 0 Å². The van der Waals surface area contributed by atoms with Gasteiger partial charge < -0.3 is 9.47 Å². The molecular formula is C17H27NO4S. The Balaban J connectivity index is 2.69. The number of esters is 1. The second-order valence-corrected chi connectivity index (χ2v) is 8.39. The Kier molecular flexibility index (Phi) is 7.88. The molecule has 1 rings (SSSR count). The van der Waals surface area contributed by atoms with E-state index in [-0.39, 0.29) is 24.5 Å². The molecule has 0 spiro atoms. The lowest BCUT2D eigenvalue weighted by Gasteiger charge is -2.28. The van der Waals surface area contributed by atoms with E-state index in [1.165, 1.54) is 7.11 Å². The Morgan fingerprint density at radius 3 is 2.39 bits per heavy atom. The van der Waals surface area contributed by atoms with Gasteiger partial charge in [-0.15, -0.1) is 0 Å². The summed E-state index contributed by atoms with van der Waals surface area (Å²) in [4.78, 5) is 11.6. The zero-order valence-electron chi connectivity index (χ0n) is 14.5. The summed E-state index contributed by atoms with van der Waals surface area (Å²) in [6.07, 6.45) is -0.186. The van der Waals surface area contributed by atoms with Crippen LogP contribution in [-0.4, -0.2) is 34.2 Å². The monoisotopic (exact) mass is 341 g/mol. The highest BCUT2D eigenvalue weighted by molar-refractivity contribution is 7.84. The number of benzene rings is 1. The van der Waals surface area contributed by atoms with Gasteiger partial charge in [-0.3, -0.25) is 4.79 Å². The SMILES string of the molecule is COC(=O)C[C@@H](N[S@@](=O)C(C)(C)C)[C@H](C)OCc1ccccc1. The van der Waals surface area contributed by atoms with Gasteiger partial charge in [0.05, 0.1) is 48.0 Å². The first kappa shape index (κ1) is 19.8. The van der Waals surface area contributed by atoms with Gasteiger partial charge in [-0.1, -0.05) is 30.3 Å². The van der Waals surface area contributed by atoms with Crippen LogP contribution in [-0.2, 0) is 31.9 Å². The third-order valence-corrected chi connectivity index (χ3v) is 4.98. The molecule has 1 N–H and O–H groups in total. The van der Waals surface area contributed by atoms with E-state index in [1.807, 2.05) is 58.0 Å². The number of carbonyl (C=O) groups excluding carboxylic acids is 1. The summed E-state index contributed by atoms with van der Waals surface area (Å²) in [6, 6.07) is 9.41. The molecule has 0 saturated heterocycles. The Morgan fingerprint density at radius 1 is 1.26 bits per heavy atom. The number of rotatable bonds is 8. The van der Waals surface area contributed by atoms with Crippen LogP contribution in [0.4, 0.5) is 0 Å². The summed E-state index contributed by atoms with van der Waals surface area (Å²) < 4.78 is 25.5. The van der Waals surface area contributed by atoms with Crippen LogP contribution in [0, 0.1) is 0 Å². The van der Waals surface area contributed by atoms with Gasteiger partial charge in [-0.05, 0) is 33.3 Å². The third-order valence-electron chi connectivity index (χ3n) is 3.35. The smallest absolute Gasteiger partial charge is 0.307 e. The second-order valence-electron chi connectivity index (χ2n) is 6.39. The molecule has 3 atom stereocenters. The minimum atomic E-state index is -1.29. The molecule has 23 heavy (non-hydrogen) atoms. The fourth-order valence-electron chi connectivity index (χ4n) is 1.80. The van der Waals surface area contributed by atoms with Crippen LogP contribution in [0.2, 0.25) is 0 Å². The Morgan fingerprint density at radius 2 is 1.87 bits per heavy atom. The lowest BCUT2D eigenvalue weighted by atomic mass is 10.1. The summed E-state index contributed by atoms with van der Waals surface area (Å²) in [7, 11) is 0.0506. The fraction of sp³-hybridized carbons (Fsp3) is 0.588. The van der Waals surface area contributed by atoms with Gasteiger partial charge in [0.25, 0.3) is 0 Å². The van der Waals surface area contributed by atoms with Crippen molar-refractivity contribution in [3.05, 3.63) is 35.9 Å². The topological polar surface area (TPSA) is 64.6 Å². The van der Waals surface area contributed by atoms with Crippen LogP contribution in [0.1, 0.15) is 39.7 Å². The van der Waals surface area contributed by atoms with Crippen LogP contribution in [0.15, 0.2) is 30.3 Å². The molecule has 0 saturated carbocycles. The van der Waals surface area contributed by atoms with Crippen LogP contribution in [0.25, 0.3) is 0 Å². The standard InChI is InChI=1S/C17H27NO4S/c1-13(22-12-14-9-7-6-8-10-14)15(11-16(19)21-5)18-23(20)17(2,3)4/h6-10,13,15,18H,11-12H2,1-5H3/t13-,15+,23-/m0/s1. The number of nitrogens with one attached hydrogen (secondary N) is 1. The van der Waals surface area contributed by atoms with Gasteiger partial charge >= 0.3 is 5.97 Å². The lowest BCUT2D eigenvalue weighted by molar-refractivity contribution is -0.142. The normalized spacial score (nSPS) is 15.7. The minimum Gasteiger partial charge on any atom is -0.469 e. The zero-order chi connectivity index (χ0) is 17.5. The van der Waals surface area contributed by atoms with Crippen molar-refractivity contribution >= 4 is 17.0 Å². The van der Waals surface area contributed by atoms with Crippen molar-refractivity contribution in [1.29, 1.82) is 0 Å². The maximum atomic E-state index is 12.3. The Bertz CT molecular complexity index is 513. The van der Waals surface area contributed by atoms with Crippen LogP contribution >= 0.6 is 0 Å². The van der Waals surface area contributed by atoms with E-state index in [0.717, 1.165) is 5.56 Å². The van der Waals surface area contributed by atoms with E-state index in [9.17, 15) is 9.00 Å². The Labute approximate surface area is 141 Å². The zero-order valence-corrected chi connectivity index (χ0v) is 15.3. The van der Waals surface area contributed by atoms with Crippen molar-refractivity contribution in [2.24, 2.45) is 0 Å². The molecule has 0 amide bonds. The average Bonchev–Trinajstić information content (AvgIpc) is 2.51. The Hall–Kier alpha value is -1.24. The van der Waals surface area contributed by atoms with Gasteiger partial charge in [-0.25, -0.2) is 8.93 Å². The highest BCUT2D eigenvalue weighted by Crippen LogP contribution is 2.14. The number of carbonyl (C=O) groups is 1. The van der Waals surface area contributed by atoms with E-state index in [0.29, 0.717) is 6.61 Å². The highest BCUT2D eigenvalue weighted by atomic mass is 32.2. The molecule has 1 aromatic carbocycles. The van der Waals surface area contributed by atoms with Crippen molar-refractivity contribution in [2.75, 3.05) is 7.11 Å². The average molecular weight is 341 g/mol. The number of methoxy groups -OCH3 is 1. The molecule has 0 heterocycles. The van der Waals surface area contributed by atoms with Gasteiger partial charge in [0.15, 0.2) is 0 Å². The molecule has 0 fully saturated rings. The van der Waals surface area contributed by atoms with Crippen molar-refractivity contribution in [3.8, 4) is 0 Å². The van der Waals surface area contributed by atoms with Crippen molar-refractivity contribution in [1.82, 2.24) is 4.72 Å². The summed E-state index contributed by atoms with van der Waals surface area (Å²) >= 11 is 0. The largest absolute Gasteiger partial charge is 0.469 e. The van der Waals surface area contributed by atoms with E-state index < -0.39 is 15.7 Å². The van der Waals surface area contributed by atoms with Crippen molar-refractivity contribution < 1.29 is 18.5 Å². The number of hydrogen-bond acceptors (Lipinski definition) is 4. The fourth-order valence-corrected chi connectivity index (χ4v) is 2.70. The van der Waals surface area contributed by atoms with Gasteiger partial charge in [-0.2, -0.15) is 0 Å². The highest BCUT2D eigenvalue weighted by Gasteiger charge is 2.28. The quantitative estimate of drug-likeness (QED) is 0.738. The number of ether oxygens (including phenoxy) is 2. The van der Waals surface area contributed by atoms with Crippen LogP contribution < -0.4 is 4.72 Å². The molecule has 0 radical (unpaired) electrons. The lowest BCUT2D eigenvalue weighted by Crippen LogP contribution is -2.46. The number of hydrogen-bond donors (Lipinski definition) is 1. The van der Waals surface area contributed by atoms with E-state index in [1.54, 1.807) is 0 Å². The van der Waals surface area contributed by atoms with E-state index in [2.05, 4.69) is 4.72 Å². The predicted molar refractivity (Wildman–Crippen MR) is 92.1 cm³/mol. The first-order chi connectivity index (χ1) is 10.7. The summed E-state index contributed by atoms with van der Waals surface area (Å²) in [5.41, 5.74) is 1.05. The molecule has 0 unspecified atom stereocenters. The molecule has 0 aliphatic rings. The van der Waals surface area contributed by atoms with E-state index in [4.69, 9.17) is 9.47 Å². The maximum absolute atomic E-state index is 12.3. The van der Waals surface area contributed by atoms with Crippen molar-refractivity contribution in [2.45, 2.75) is 57.6 Å². The molecule has 0 aromatic heterocycles. The second kappa shape index (κ2) is 9.15. The van der Waals surface area contributed by atoms with Gasteiger partial charge in [0.1, 0.15) is 0 Å². The summed E-state index contributed by atoms with van der Waals surface area (Å²) in [6.45, 7) is 7.93. The molecule has 6 heteroatoms. The van der Waals surface area contributed by atoms with Gasteiger partial charge in [0.2, 0.25) is 0 Å². The first-order valence-corrected chi connectivity index (χ1v) is 8.79. The molecule has 0 bridgehead atoms. The molecule has 0 aliphatic heterocycles. The van der Waals surface area contributed by atoms with Crippen molar-refractivity contribution in [3.63, 3.8) is 0 Å². The molecule has 1 aromatic rings. The molecule has 130 valence electrons. The summed E-state index contributed by atoms with van der Waals surface area (Å²) in [5, 5.41) is 0. The molecule has 0 aliphatic carbocycles. The maximum Gasteiger partial charge on any atom is 0.307 e. The van der Waals surface area contributed by atoms with Crippen LogP contribution in [0.5, 0.6) is 0 Å². The third kappa shape index (κ3) is 7.24. The van der Waals surface area contributed by atoms with E-state index >= 15 is 0 Å². The first-order valence-electron chi connectivity index (χ1n) is 7.64. The minimum absolute atomic E-state index is 0.105.